The van der Waals surface area contributed by atoms with E-state index in [2.05, 4.69) is 37.1 Å². The lowest BCUT2D eigenvalue weighted by Gasteiger charge is -2.40. The Bertz CT molecular complexity index is 747. The number of methoxy groups -OCH3 is 1. The largest absolute Gasteiger partial charge is 0.493 e. The minimum absolute atomic E-state index is 0.0133. The van der Waals surface area contributed by atoms with Gasteiger partial charge in [-0.3, -0.25) is 0 Å². The van der Waals surface area contributed by atoms with Gasteiger partial charge >= 0.3 is 0 Å². The van der Waals surface area contributed by atoms with Crippen LogP contribution in [0.3, 0.4) is 0 Å². The third-order valence-electron chi connectivity index (χ3n) is 6.14. The van der Waals surface area contributed by atoms with Gasteiger partial charge in [0.1, 0.15) is 6.10 Å². The van der Waals surface area contributed by atoms with Crippen molar-refractivity contribution in [1.82, 2.24) is 4.90 Å². The first-order valence-corrected chi connectivity index (χ1v) is 9.13. The third-order valence-corrected chi connectivity index (χ3v) is 6.14. The Morgan fingerprint density at radius 1 is 1.28 bits per heavy atom. The minimum atomic E-state index is -0.636. The van der Waals surface area contributed by atoms with Gasteiger partial charge in [0.2, 0.25) is 0 Å². The molecule has 0 amide bonds. The van der Waals surface area contributed by atoms with Crippen molar-refractivity contribution in [3.05, 3.63) is 35.4 Å². The molecule has 3 aliphatic heterocycles. The van der Waals surface area contributed by atoms with Crippen LogP contribution in [-0.2, 0) is 21.4 Å². The van der Waals surface area contributed by atoms with Crippen LogP contribution in [-0.4, -0.2) is 50.2 Å². The monoisotopic (exact) mass is 343 g/mol. The van der Waals surface area contributed by atoms with Gasteiger partial charge < -0.3 is 23.8 Å². The second kappa shape index (κ2) is 5.22. The Labute approximate surface area is 148 Å². The van der Waals surface area contributed by atoms with Gasteiger partial charge in [0.05, 0.1) is 25.2 Å². The van der Waals surface area contributed by atoms with Gasteiger partial charge in [-0.1, -0.05) is 12.1 Å². The lowest BCUT2D eigenvalue weighted by Crippen LogP contribution is -2.48. The van der Waals surface area contributed by atoms with Crippen molar-refractivity contribution in [3.8, 4) is 11.5 Å². The number of ether oxygens (including phenoxy) is 4. The summed E-state index contributed by atoms with van der Waals surface area (Å²) in [6, 6.07) is 4.22. The van der Waals surface area contributed by atoms with Crippen molar-refractivity contribution in [3.63, 3.8) is 0 Å². The molecule has 4 aliphatic rings. The zero-order valence-corrected chi connectivity index (χ0v) is 15.1. The molecule has 1 aromatic rings. The Hall–Kier alpha value is -1.56. The van der Waals surface area contributed by atoms with E-state index in [1.807, 2.05) is 6.07 Å². The van der Waals surface area contributed by atoms with Crippen LogP contribution >= 0.6 is 0 Å². The fraction of sp³-hybridized carbons (Fsp3) is 0.600. The SMILES string of the molecule is COc1ccc2c3c1OC1CC4(C=CC31CCN(C)C2)OCC(C)O4. The topological polar surface area (TPSA) is 40.2 Å². The molecule has 1 saturated heterocycles. The second-order valence-electron chi connectivity index (χ2n) is 7.85. The molecule has 0 radical (unpaired) electrons. The van der Waals surface area contributed by atoms with Crippen molar-refractivity contribution in [2.45, 2.75) is 49.7 Å². The van der Waals surface area contributed by atoms with Gasteiger partial charge in [0.25, 0.3) is 0 Å². The van der Waals surface area contributed by atoms with Crippen molar-refractivity contribution < 1.29 is 18.9 Å². The highest BCUT2D eigenvalue weighted by atomic mass is 16.7. The van der Waals surface area contributed by atoms with Crippen molar-refractivity contribution in [2.75, 3.05) is 27.3 Å². The van der Waals surface area contributed by atoms with E-state index in [0.29, 0.717) is 6.61 Å². The predicted octanol–water partition coefficient (Wildman–Crippen LogP) is 2.62. The number of benzene rings is 1. The summed E-state index contributed by atoms with van der Waals surface area (Å²) in [5, 5.41) is 0. The predicted molar refractivity (Wildman–Crippen MR) is 93.0 cm³/mol. The molecular weight excluding hydrogens is 318 g/mol. The summed E-state index contributed by atoms with van der Waals surface area (Å²) < 4.78 is 24.2. The highest BCUT2D eigenvalue weighted by molar-refractivity contribution is 5.61. The molecule has 4 unspecified atom stereocenters. The smallest absolute Gasteiger partial charge is 0.191 e. The summed E-state index contributed by atoms with van der Waals surface area (Å²) in [4.78, 5) is 2.38. The zero-order chi connectivity index (χ0) is 17.2. The number of nitrogens with zero attached hydrogens (tertiary/aromatic N) is 1. The molecule has 5 nitrogen and oxygen atoms in total. The molecule has 0 saturated carbocycles. The van der Waals surface area contributed by atoms with Crippen LogP contribution in [0.25, 0.3) is 0 Å². The van der Waals surface area contributed by atoms with E-state index in [9.17, 15) is 0 Å². The molecule has 25 heavy (non-hydrogen) atoms. The van der Waals surface area contributed by atoms with Crippen molar-refractivity contribution >= 4 is 0 Å². The van der Waals surface area contributed by atoms with Crippen LogP contribution in [0, 0.1) is 0 Å². The zero-order valence-electron chi connectivity index (χ0n) is 15.1. The summed E-state index contributed by atoms with van der Waals surface area (Å²) in [5.41, 5.74) is 2.52. The molecule has 4 atom stereocenters. The maximum Gasteiger partial charge on any atom is 0.191 e. The number of hydrogen-bond acceptors (Lipinski definition) is 5. The van der Waals surface area contributed by atoms with Gasteiger partial charge in [0, 0.05) is 18.5 Å². The molecule has 1 aliphatic carbocycles. The van der Waals surface area contributed by atoms with E-state index in [0.717, 1.165) is 37.4 Å². The second-order valence-corrected chi connectivity index (χ2v) is 7.85. The molecular formula is C20H25NO4. The summed E-state index contributed by atoms with van der Waals surface area (Å²) in [6.07, 6.45) is 6.32. The first-order chi connectivity index (χ1) is 12.1. The summed E-state index contributed by atoms with van der Waals surface area (Å²) in [6.45, 7) is 4.66. The van der Waals surface area contributed by atoms with Gasteiger partial charge in [-0.05, 0) is 44.6 Å². The molecule has 3 heterocycles. The summed E-state index contributed by atoms with van der Waals surface area (Å²) in [5.74, 6) is 1.09. The lowest BCUT2D eigenvalue weighted by atomic mass is 9.68. The van der Waals surface area contributed by atoms with E-state index in [1.165, 1.54) is 11.1 Å². The first kappa shape index (κ1) is 15.7. The third kappa shape index (κ3) is 2.12. The lowest BCUT2D eigenvalue weighted by molar-refractivity contribution is -0.154. The van der Waals surface area contributed by atoms with Gasteiger partial charge in [0.15, 0.2) is 17.3 Å². The molecule has 1 aromatic carbocycles. The van der Waals surface area contributed by atoms with E-state index < -0.39 is 5.79 Å². The average Bonchev–Trinajstić information content (AvgIpc) is 3.07. The quantitative estimate of drug-likeness (QED) is 0.733. The standard InChI is InChI=1S/C20H25NO4/c1-13-12-23-20(25-13)7-6-19-8-9-21(2)11-14-4-5-15(22-3)18(17(14)19)24-16(19)10-20/h4-7,13,16H,8-12H2,1-3H3. The van der Waals surface area contributed by atoms with Crippen LogP contribution in [0.1, 0.15) is 30.9 Å². The number of rotatable bonds is 1. The maximum absolute atomic E-state index is 6.51. The van der Waals surface area contributed by atoms with Crippen LogP contribution in [0.15, 0.2) is 24.3 Å². The molecule has 0 N–H and O–H groups in total. The van der Waals surface area contributed by atoms with Crippen molar-refractivity contribution in [1.29, 1.82) is 0 Å². The minimum Gasteiger partial charge on any atom is -0.493 e. The van der Waals surface area contributed by atoms with Crippen LogP contribution < -0.4 is 9.47 Å². The van der Waals surface area contributed by atoms with Gasteiger partial charge in [-0.25, -0.2) is 0 Å². The summed E-state index contributed by atoms with van der Waals surface area (Å²) >= 11 is 0. The molecule has 0 aromatic heterocycles. The first-order valence-electron chi connectivity index (χ1n) is 9.13. The molecule has 5 rings (SSSR count). The van der Waals surface area contributed by atoms with Gasteiger partial charge in [-0.15, -0.1) is 0 Å². The Morgan fingerprint density at radius 2 is 2.16 bits per heavy atom. The Kier molecular flexibility index (Phi) is 3.28. The fourth-order valence-corrected chi connectivity index (χ4v) is 4.93. The van der Waals surface area contributed by atoms with E-state index in [-0.39, 0.29) is 17.6 Å². The number of hydrogen-bond donors (Lipinski definition) is 0. The fourth-order valence-electron chi connectivity index (χ4n) is 4.93. The molecule has 1 fully saturated rings. The van der Waals surface area contributed by atoms with Crippen LogP contribution in [0.2, 0.25) is 0 Å². The Balaban J connectivity index is 1.65. The van der Waals surface area contributed by atoms with E-state index in [4.69, 9.17) is 18.9 Å². The molecule has 134 valence electrons. The van der Waals surface area contributed by atoms with Crippen LogP contribution in [0.5, 0.6) is 11.5 Å². The molecule has 5 heteroatoms. The van der Waals surface area contributed by atoms with Gasteiger partial charge in [-0.2, -0.15) is 0 Å². The maximum atomic E-state index is 6.51. The van der Waals surface area contributed by atoms with Crippen molar-refractivity contribution in [2.24, 2.45) is 0 Å². The van der Waals surface area contributed by atoms with E-state index >= 15 is 0 Å². The normalized spacial score (nSPS) is 39.0. The molecule has 2 spiro atoms. The average molecular weight is 343 g/mol. The molecule has 0 bridgehead atoms. The highest BCUT2D eigenvalue weighted by Gasteiger charge is 2.57. The summed E-state index contributed by atoms with van der Waals surface area (Å²) in [7, 11) is 3.89. The highest BCUT2D eigenvalue weighted by Crippen LogP contribution is 2.57. The van der Waals surface area contributed by atoms with Crippen LogP contribution in [0.4, 0.5) is 0 Å². The Morgan fingerprint density at radius 3 is 2.92 bits per heavy atom. The van der Waals surface area contributed by atoms with E-state index in [1.54, 1.807) is 7.11 Å².